The lowest BCUT2D eigenvalue weighted by molar-refractivity contribution is -0.597. The van der Waals surface area contributed by atoms with Crippen LogP contribution in [0.2, 0.25) is 0 Å². The van der Waals surface area contributed by atoms with Gasteiger partial charge in [-0.05, 0) is 24.3 Å². The van der Waals surface area contributed by atoms with Crippen molar-refractivity contribution in [1.82, 2.24) is 0 Å². The fourth-order valence-corrected chi connectivity index (χ4v) is 3.35. The van der Waals surface area contributed by atoms with E-state index in [4.69, 9.17) is 0 Å². The molecule has 88 valence electrons. The van der Waals surface area contributed by atoms with E-state index >= 15 is 0 Å². The van der Waals surface area contributed by atoms with Crippen molar-refractivity contribution in [3.8, 4) is 0 Å². The molecule has 0 unspecified atom stereocenters. The van der Waals surface area contributed by atoms with Gasteiger partial charge in [0, 0.05) is 0 Å². The second-order valence-electron chi connectivity index (χ2n) is 2.69. The van der Waals surface area contributed by atoms with Crippen molar-refractivity contribution in [3.63, 3.8) is 0 Å². The first-order valence-corrected chi connectivity index (χ1v) is 6.36. The number of rotatable bonds is 2. The minimum Gasteiger partial charge on any atom is -1.00 e. The van der Waals surface area contributed by atoms with Crippen LogP contribution < -0.4 is 33.6 Å². The maximum absolute atomic E-state index is 2.21. The molecule has 0 atom stereocenters. The average Bonchev–Trinajstić information content (AvgIpc) is 2.21. The minimum atomic E-state index is 0. The third-order valence-electron chi connectivity index (χ3n) is 1.68. The molecular formula is C12H12Cl2I2. The molecular weight excluding hydrogens is 469 g/mol. The predicted octanol–water partition coefficient (Wildman–Crippen LogP) is -2.14. The van der Waals surface area contributed by atoms with E-state index in [0.717, 1.165) is 0 Å². The van der Waals surface area contributed by atoms with Crippen LogP contribution in [0.3, 0.4) is 0 Å². The summed E-state index contributed by atoms with van der Waals surface area (Å²) in [5.41, 5.74) is 0. The fourth-order valence-electron chi connectivity index (χ4n) is 1.08. The predicted molar refractivity (Wildman–Crippen MR) is 72.9 cm³/mol. The van der Waals surface area contributed by atoms with Gasteiger partial charge >= 0.3 is 21.2 Å². The first kappa shape index (κ1) is 18.8. The summed E-state index contributed by atoms with van der Waals surface area (Å²) in [4.78, 5) is 0. The summed E-state index contributed by atoms with van der Waals surface area (Å²) in [5, 5.41) is 0. The van der Waals surface area contributed by atoms with Crippen molar-refractivity contribution in [1.29, 1.82) is 0 Å². The van der Waals surface area contributed by atoms with Crippen molar-refractivity contribution in [2.24, 2.45) is 0 Å². The quantitative estimate of drug-likeness (QED) is 0.431. The zero-order chi connectivity index (χ0) is 8.93. The summed E-state index contributed by atoms with van der Waals surface area (Å²) in [7, 11) is 0. The second kappa shape index (κ2) is 10.6. The maximum atomic E-state index is 2.21. The zero-order valence-electron chi connectivity index (χ0n) is 8.35. The van der Waals surface area contributed by atoms with Crippen LogP contribution in [0.1, 0.15) is 0 Å². The molecule has 0 spiro atoms. The Hall–Kier alpha value is 0.480. The summed E-state index contributed by atoms with van der Waals surface area (Å²) in [6, 6.07) is 21.4. The molecule has 16 heavy (non-hydrogen) atoms. The van der Waals surface area contributed by atoms with Gasteiger partial charge in [0.25, 0.3) is 0 Å². The van der Waals surface area contributed by atoms with Crippen LogP contribution in [-0.4, -0.2) is 0 Å². The van der Waals surface area contributed by atoms with Crippen molar-refractivity contribution < 1.29 is 33.6 Å². The molecule has 0 N–H and O–H groups in total. The minimum absolute atomic E-state index is 0. The molecule has 2 aromatic rings. The SMILES string of the molecule is Cl.I.[Cl-].c1ccc([I+]c2ccccc2)cc1. The van der Waals surface area contributed by atoms with Gasteiger partial charge in [-0.25, -0.2) is 0 Å². The summed E-state index contributed by atoms with van der Waals surface area (Å²) in [5.74, 6) is 0. The molecule has 0 heterocycles. The fraction of sp³-hybridized carbons (Fsp3) is 0. The van der Waals surface area contributed by atoms with Gasteiger partial charge in [0.2, 0.25) is 0 Å². The van der Waals surface area contributed by atoms with Crippen molar-refractivity contribution in [2.45, 2.75) is 0 Å². The van der Waals surface area contributed by atoms with Crippen LogP contribution in [0.15, 0.2) is 60.7 Å². The van der Waals surface area contributed by atoms with Crippen molar-refractivity contribution >= 4 is 36.4 Å². The van der Waals surface area contributed by atoms with Gasteiger partial charge < -0.3 is 12.4 Å². The standard InChI is InChI=1S/C12H10I.2ClH.HI/c1-3-7-11(8-4-1)13-12-9-5-2-6-10-12;;;/h1-10H;3*1H/q+1;;;/p-1. The summed E-state index contributed by atoms with van der Waals surface area (Å²) in [6.45, 7) is 0. The number of hydrogen-bond donors (Lipinski definition) is 0. The molecule has 0 aliphatic carbocycles. The third-order valence-corrected chi connectivity index (χ3v) is 4.37. The molecule has 0 aromatic heterocycles. The van der Waals surface area contributed by atoms with Gasteiger partial charge in [0.1, 0.15) is 0 Å². The van der Waals surface area contributed by atoms with Crippen molar-refractivity contribution in [3.05, 3.63) is 67.8 Å². The van der Waals surface area contributed by atoms with Gasteiger partial charge in [0.05, 0.1) is 0 Å². The van der Waals surface area contributed by atoms with E-state index < -0.39 is 0 Å². The molecule has 0 aliphatic heterocycles. The van der Waals surface area contributed by atoms with Crippen LogP contribution in [0, 0.1) is 7.14 Å². The molecule has 0 fully saturated rings. The zero-order valence-corrected chi connectivity index (χ0v) is 14.4. The molecule has 2 aromatic carbocycles. The Morgan fingerprint density at radius 3 is 1.25 bits per heavy atom. The van der Waals surface area contributed by atoms with Gasteiger partial charge in [-0.15, -0.1) is 36.4 Å². The topological polar surface area (TPSA) is 0 Å². The normalized spacial score (nSPS) is 8.00. The van der Waals surface area contributed by atoms with E-state index in [1.54, 1.807) is 0 Å². The number of hydrogen-bond acceptors (Lipinski definition) is 0. The highest BCUT2D eigenvalue weighted by Crippen LogP contribution is 1.85. The van der Waals surface area contributed by atoms with Crippen LogP contribution in [-0.2, 0) is 0 Å². The van der Waals surface area contributed by atoms with Gasteiger partial charge in [0.15, 0.2) is 7.14 Å². The average molecular weight is 481 g/mol. The molecule has 0 amide bonds. The van der Waals surface area contributed by atoms with Crippen LogP contribution in [0.4, 0.5) is 0 Å². The van der Waals surface area contributed by atoms with E-state index in [2.05, 4.69) is 60.7 Å². The Balaban J connectivity index is 0. The summed E-state index contributed by atoms with van der Waals surface area (Å²) in [6.07, 6.45) is 0. The third kappa shape index (κ3) is 6.27. The maximum Gasteiger partial charge on any atom is 0.357 e. The van der Waals surface area contributed by atoms with Gasteiger partial charge in [-0.2, -0.15) is 0 Å². The highest BCUT2D eigenvalue weighted by molar-refractivity contribution is 14.0. The Bertz CT molecular complexity index is 328. The number of benzene rings is 2. The summed E-state index contributed by atoms with van der Waals surface area (Å²) >= 11 is 0.0287. The molecule has 0 nitrogen and oxygen atoms in total. The second-order valence-corrected chi connectivity index (χ2v) is 5.72. The van der Waals surface area contributed by atoms with Crippen molar-refractivity contribution in [2.75, 3.05) is 0 Å². The van der Waals surface area contributed by atoms with E-state index in [1.807, 2.05) is 0 Å². The van der Waals surface area contributed by atoms with Crippen LogP contribution in [0.5, 0.6) is 0 Å². The molecule has 2 rings (SSSR count). The first-order chi connectivity index (χ1) is 6.45. The smallest absolute Gasteiger partial charge is 0.357 e. The van der Waals surface area contributed by atoms with Crippen LogP contribution >= 0.6 is 36.4 Å². The molecule has 0 saturated heterocycles. The van der Waals surface area contributed by atoms with Gasteiger partial charge in [-0.1, -0.05) is 36.4 Å². The lowest BCUT2D eigenvalue weighted by atomic mass is 10.4. The Kier molecular flexibility index (Phi) is 12.5. The lowest BCUT2D eigenvalue weighted by Crippen LogP contribution is -3.61. The lowest BCUT2D eigenvalue weighted by Gasteiger charge is -1.84. The summed E-state index contributed by atoms with van der Waals surface area (Å²) < 4.78 is 2.96. The monoisotopic (exact) mass is 480 g/mol. The van der Waals surface area contributed by atoms with E-state index in [0.29, 0.717) is 0 Å². The molecule has 0 saturated carbocycles. The Labute approximate surface area is 136 Å². The molecule has 0 aliphatic rings. The van der Waals surface area contributed by atoms with Crippen LogP contribution in [0.25, 0.3) is 0 Å². The molecule has 0 bridgehead atoms. The Morgan fingerprint density at radius 1 is 0.625 bits per heavy atom. The first-order valence-electron chi connectivity index (χ1n) is 4.20. The molecule has 4 heteroatoms. The highest BCUT2D eigenvalue weighted by Gasteiger charge is 2.12. The highest BCUT2D eigenvalue weighted by atomic mass is 127. The van der Waals surface area contributed by atoms with E-state index in [-0.39, 0.29) is 70.0 Å². The Morgan fingerprint density at radius 2 is 0.938 bits per heavy atom. The number of halogens is 4. The van der Waals surface area contributed by atoms with E-state index in [1.165, 1.54) is 7.14 Å². The molecule has 0 radical (unpaired) electrons. The van der Waals surface area contributed by atoms with E-state index in [9.17, 15) is 0 Å². The largest absolute Gasteiger partial charge is 1.00 e. The van der Waals surface area contributed by atoms with Gasteiger partial charge in [-0.3, -0.25) is 0 Å².